The number of rotatable bonds is 3. The normalized spacial score (nSPS) is 10.2. The third-order valence-corrected chi connectivity index (χ3v) is 2.92. The number of nitrogens with two attached hydrogens (primary N) is 1. The molecule has 2 aromatic carbocycles. The number of anilines is 3. The highest BCUT2D eigenvalue weighted by molar-refractivity contribution is 6.06. The van der Waals surface area contributed by atoms with E-state index in [1.807, 2.05) is 0 Å². The van der Waals surface area contributed by atoms with Gasteiger partial charge >= 0.3 is 12.1 Å². The summed E-state index contributed by atoms with van der Waals surface area (Å²) < 4.78 is 31.7. The molecule has 2 amide bonds. The maximum absolute atomic E-state index is 12.0. The Morgan fingerprint density at radius 1 is 0.963 bits per heavy atom. The van der Waals surface area contributed by atoms with Gasteiger partial charge in [0.25, 0.3) is 5.91 Å². The monoisotopic (exact) mass is 383 g/mol. The summed E-state index contributed by atoms with van der Waals surface area (Å²) in [6.45, 7) is 1.43. The van der Waals surface area contributed by atoms with Crippen LogP contribution in [0.1, 0.15) is 17.3 Å². The van der Waals surface area contributed by atoms with E-state index in [-0.39, 0.29) is 11.8 Å². The van der Waals surface area contributed by atoms with Crippen LogP contribution in [0.2, 0.25) is 0 Å². The van der Waals surface area contributed by atoms with Crippen LogP contribution < -0.4 is 16.4 Å². The van der Waals surface area contributed by atoms with E-state index in [2.05, 4.69) is 10.6 Å². The number of carbonyl (C=O) groups is 3. The second-order valence-electron chi connectivity index (χ2n) is 5.10. The van der Waals surface area contributed by atoms with Crippen LogP contribution >= 0.6 is 0 Å². The molecular weight excluding hydrogens is 367 g/mol. The third-order valence-electron chi connectivity index (χ3n) is 2.92. The average Bonchev–Trinajstić information content (AvgIpc) is 2.56. The molecule has 0 saturated heterocycles. The van der Waals surface area contributed by atoms with Gasteiger partial charge in [-0.3, -0.25) is 9.59 Å². The van der Waals surface area contributed by atoms with E-state index in [0.717, 1.165) is 0 Å². The lowest BCUT2D eigenvalue weighted by Gasteiger charge is -2.08. The molecule has 0 atom stereocenters. The lowest BCUT2D eigenvalue weighted by atomic mass is 10.2. The molecule has 0 radical (unpaired) electrons. The molecule has 5 N–H and O–H groups in total. The standard InChI is InChI=1S/C15H15N3O2.C2HF3O2/c1-10(19)17-12-8-6-11(7-9-12)15(20)18-14-5-3-2-4-13(14)16;3-2(4,5)1(6)7/h2-9H,16H2,1H3,(H,17,19)(H,18,20);(H,6,7). The van der Waals surface area contributed by atoms with E-state index in [0.29, 0.717) is 22.6 Å². The number of nitrogen functional groups attached to an aromatic ring is 1. The maximum Gasteiger partial charge on any atom is 0.490 e. The molecule has 0 unspecified atom stereocenters. The zero-order chi connectivity index (χ0) is 20.6. The van der Waals surface area contributed by atoms with Crippen molar-refractivity contribution < 1.29 is 32.7 Å². The zero-order valence-corrected chi connectivity index (χ0v) is 14.0. The van der Waals surface area contributed by atoms with Gasteiger partial charge in [-0.1, -0.05) is 12.1 Å². The smallest absolute Gasteiger partial charge is 0.475 e. The van der Waals surface area contributed by atoms with E-state index >= 15 is 0 Å². The van der Waals surface area contributed by atoms with Crippen LogP contribution in [0.5, 0.6) is 0 Å². The minimum atomic E-state index is -5.08. The minimum absolute atomic E-state index is 0.153. The summed E-state index contributed by atoms with van der Waals surface area (Å²) in [4.78, 5) is 31.8. The molecular formula is C17H16F3N3O4. The molecule has 0 aliphatic carbocycles. The first-order valence-electron chi connectivity index (χ1n) is 7.34. The highest BCUT2D eigenvalue weighted by atomic mass is 19.4. The van der Waals surface area contributed by atoms with Gasteiger partial charge in [-0.25, -0.2) is 4.79 Å². The number of benzene rings is 2. The summed E-state index contributed by atoms with van der Waals surface area (Å²) in [6.07, 6.45) is -5.08. The minimum Gasteiger partial charge on any atom is -0.475 e. The molecule has 0 aliphatic rings. The largest absolute Gasteiger partial charge is 0.490 e. The van der Waals surface area contributed by atoms with E-state index in [9.17, 15) is 22.8 Å². The van der Waals surface area contributed by atoms with Gasteiger partial charge in [-0.15, -0.1) is 0 Å². The predicted molar refractivity (Wildman–Crippen MR) is 93.2 cm³/mol. The lowest BCUT2D eigenvalue weighted by Crippen LogP contribution is -2.21. The Morgan fingerprint density at radius 2 is 1.48 bits per heavy atom. The van der Waals surface area contributed by atoms with Crippen molar-refractivity contribution in [1.29, 1.82) is 0 Å². The van der Waals surface area contributed by atoms with Crippen molar-refractivity contribution >= 4 is 34.8 Å². The molecule has 0 saturated carbocycles. The van der Waals surface area contributed by atoms with Crippen molar-refractivity contribution in [2.24, 2.45) is 0 Å². The molecule has 0 heterocycles. The summed E-state index contributed by atoms with van der Waals surface area (Å²) in [5, 5.41) is 12.5. The van der Waals surface area contributed by atoms with Gasteiger partial charge in [0.15, 0.2) is 0 Å². The summed E-state index contributed by atoms with van der Waals surface area (Å²) in [6, 6.07) is 13.7. The summed E-state index contributed by atoms with van der Waals surface area (Å²) in [5.41, 5.74) is 7.98. The van der Waals surface area contributed by atoms with Gasteiger partial charge in [0.1, 0.15) is 0 Å². The quantitative estimate of drug-likeness (QED) is 0.607. The Hall–Kier alpha value is -3.56. The van der Waals surface area contributed by atoms with Gasteiger partial charge < -0.3 is 21.5 Å². The number of carboxylic acid groups (broad SMARTS) is 1. The average molecular weight is 383 g/mol. The van der Waals surface area contributed by atoms with Crippen molar-refractivity contribution in [2.75, 3.05) is 16.4 Å². The van der Waals surface area contributed by atoms with Crippen LogP contribution in [-0.2, 0) is 9.59 Å². The Kier molecular flexibility index (Phi) is 7.34. The van der Waals surface area contributed by atoms with Crippen molar-refractivity contribution in [1.82, 2.24) is 0 Å². The Morgan fingerprint density at radius 3 is 1.93 bits per heavy atom. The number of aliphatic carboxylic acids is 1. The molecule has 2 rings (SSSR count). The van der Waals surface area contributed by atoms with Gasteiger partial charge in [-0.2, -0.15) is 13.2 Å². The lowest BCUT2D eigenvalue weighted by molar-refractivity contribution is -0.192. The SMILES string of the molecule is CC(=O)Nc1ccc(C(=O)Nc2ccccc2N)cc1.O=C(O)C(F)(F)F. The summed E-state index contributed by atoms with van der Waals surface area (Å²) >= 11 is 0. The first kappa shape index (κ1) is 21.5. The molecule has 0 aliphatic heterocycles. The number of para-hydroxylation sites is 2. The summed E-state index contributed by atoms with van der Waals surface area (Å²) in [5.74, 6) is -3.16. The first-order valence-corrected chi connectivity index (χ1v) is 7.34. The number of amides is 2. The third kappa shape index (κ3) is 7.46. The van der Waals surface area contributed by atoms with Crippen LogP contribution in [0.3, 0.4) is 0 Å². The van der Waals surface area contributed by atoms with Crippen molar-refractivity contribution in [2.45, 2.75) is 13.1 Å². The van der Waals surface area contributed by atoms with E-state index < -0.39 is 12.1 Å². The Balaban J connectivity index is 0.000000445. The van der Waals surface area contributed by atoms with Gasteiger partial charge in [0.2, 0.25) is 5.91 Å². The fraction of sp³-hybridized carbons (Fsp3) is 0.118. The van der Waals surface area contributed by atoms with Crippen LogP contribution in [0.25, 0.3) is 0 Å². The fourth-order valence-electron chi connectivity index (χ4n) is 1.71. The molecule has 2 aromatic rings. The van der Waals surface area contributed by atoms with Crippen LogP contribution in [0.15, 0.2) is 48.5 Å². The molecule has 0 fully saturated rings. The molecule has 144 valence electrons. The number of hydrogen-bond acceptors (Lipinski definition) is 4. The molecule has 7 nitrogen and oxygen atoms in total. The molecule has 27 heavy (non-hydrogen) atoms. The van der Waals surface area contributed by atoms with E-state index in [4.69, 9.17) is 15.6 Å². The van der Waals surface area contributed by atoms with Crippen molar-refractivity contribution in [3.8, 4) is 0 Å². The highest BCUT2D eigenvalue weighted by Gasteiger charge is 2.38. The van der Waals surface area contributed by atoms with Gasteiger partial charge in [0.05, 0.1) is 11.4 Å². The van der Waals surface area contributed by atoms with Crippen molar-refractivity contribution in [3.63, 3.8) is 0 Å². The number of carboxylic acids is 1. The number of nitrogens with one attached hydrogen (secondary N) is 2. The molecule has 0 spiro atoms. The first-order chi connectivity index (χ1) is 12.5. The van der Waals surface area contributed by atoms with Crippen LogP contribution in [-0.4, -0.2) is 29.1 Å². The Bertz CT molecular complexity index is 821. The van der Waals surface area contributed by atoms with Crippen molar-refractivity contribution in [3.05, 3.63) is 54.1 Å². The Labute approximate surface area is 152 Å². The van der Waals surface area contributed by atoms with E-state index in [1.165, 1.54) is 6.92 Å². The zero-order valence-electron chi connectivity index (χ0n) is 14.0. The number of hydrogen-bond donors (Lipinski definition) is 4. The highest BCUT2D eigenvalue weighted by Crippen LogP contribution is 2.18. The number of carbonyl (C=O) groups excluding carboxylic acids is 2. The molecule has 0 bridgehead atoms. The number of alkyl halides is 3. The predicted octanol–water partition coefficient (Wildman–Crippen LogP) is 3.11. The second kappa shape index (κ2) is 9.22. The van der Waals surface area contributed by atoms with E-state index in [1.54, 1.807) is 48.5 Å². The number of halogens is 3. The topological polar surface area (TPSA) is 122 Å². The van der Waals surface area contributed by atoms with Gasteiger partial charge in [0, 0.05) is 18.2 Å². The van der Waals surface area contributed by atoms with Crippen LogP contribution in [0, 0.1) is 0 Å². The van der Waals surface area contributed by atoms with Crippen LogP contribution in [0.4, 0.5) is 30.2 Å². The van der Waals surface area contributed by atoms with Gasteiger partial charge in [-0.05, 0) is 36.4 Å². The second-order valence-corrected chi connectivity index (χ2v) is 5.10. The molecule has 10 heteroatoms. The molecule has 0 aromatic heterocycles. The maximum atomic E-state index is 12.0. The summed E-state index contributed by atoms with van der Waals surface area (Å²) in [7, 11) is 0. The fourth-order valence-corrected chi connectivity index (χ4v) is 1.71.